The third-order valence-electron chi connectivity index (χ3n) is 4.67. The molecule has 140 valence electrons. The Kier molecular flexibility index (Phi) is 6.29. The lowest BCUT2D eigenvalue weighted by molar-refractivity contribution is 0.263. The van der Waals surface area contributed by atoms with E-state index in [-0.39, 0.29) is 0 Å². The summed E-state index contributed by atoms with van der Waals surface area (Å²) in [6.45, 7) is 4.73. The Bertz CT molecular complexity index is 809. The van der Waals surface area contributed by atoms with E-state index in [1.165, 1.54) is 11.8 Å². The van der Waals surface area contributed by atoms with Crippen molar-refractivity contribution in [3.05, 3.63) is 65.7 Å². The van der Waals surface area contributed by atoms with Gasteiger partial charge in [-0.1, -0.05) is 48.5 Å². The van der Waals surface area contributed by atoms with Gasteiger partial charge >= 0.3 is 0 Å². The zero-order valence-corrected chi connectivity index (χ0v) is 16.1. The van der Waals surface area contributed by atoms with Gasteiger partial charge in [-0.2, -0.15) is 0 Å². The van der Waals surface area contributed by atoms with Gasteiger partial charge in [0.15, 0.2) is 0 Å². The summed E-state index contributed by atoms with van der Waals surface area (Å²) in [5.41, 5.74) is 3.10. The van der Waals surface area contributed by atoms with E-state index < -0.39 is 10.0 Å². The highest BCUT2D eigenvalue weighted by molar-refractivity contribution is 7.92. The van der Waals surface area contributed by atoms with Crippen LogP contribution in [0.5, 0.6) is 0 Å². The van der Waals surface area contributed by atoms with E-state index in [1.54, 1.807) is 4.31 Å². The largest absolute Gasteiger partial charge is 0.311 e. The molecule has 0 aromatic heterocycles. The lowest BCUT2D eigenvalue weighted by Gasteiger charge is -2.26. The number of benzene rings is 2. The van der Waals surface area contributed by atoms with Crippen LogP contribution in [-0.2, 0) is 23.1 Å². The van der Waals surface area contributed by atoms with Crippen molar-refractivity contribution in [2.24, 2.45) is 0 Å². The Hall–Kier alpha value is -1.89. The highest BCUT2D eigenvalue weighted by atomic mass is 32.2. The third-order valence-corrected chi connectivity index (χ3v) is 5.85. The van der Waals surface area contributed by atoms with Crippen LogP contribution in [0.4, 0.5) is 5.69 Å². The molecule has 0 spiro atoms. The minimum absolute atomic E-state index is 0.501. The molecule has 0 fully saturated rings. The number of fused-ring (bicyclic) bond motifs is 1. The topological polar surface area (TPSA) is 52.7 Å². The van der Waals surface area contributed by atoms with Crippen LogP contribution in [0.1, 0.15) is 17.5 Å². The molecule has 2 aromatic rings. The summed E-state index contributed by atoms with van der Waals surface area (Å²) in [7, 11) is -3.31. The lowest BCUT2D eigenvalue weighted by atomic mass is 10.1. The molecule has 0 saturated heterocycles. The second-order valence-corrected chi connectivity index (χ2v) is 8.66. The summed E-state index contributed by atoms with van der Waals surface area (Å²) in [5.74, 6) is 0. The number of sulfonamides is 1. The molecule has 0 radical (unpaired) electrons. The molecule has 0 bridgehead atoms. The summed E-state index contributed by atoms with van der Waals surface area (Å²) in [4.78, 5) is 2.39. The minimum Gasteiger partial charge on any atom is -0.311 e. The van der Waals surface area contributed by atoms with E-state index in [0.29, 0.717) is 13.1 Å². The van der Waals surface area contributed by atoms with E-state index >= 15 is 0 Å². The number of hydrogen-bond acceptors (Lipinski definition) is 4. The van der Waals surface area contributed by atoms with Crippen LogP contribution >= 0.6 is 0 Å². The highest BCUT2D eigenvalue weighted by Gasteiger charge is 2.21. The van der Waals surface area contributed by atoms with Crippen molar-refractivity contribution in [1.82, 2.24) is 10.2 Å². The maximum atomic E-state index is 12.4. The van der Waals surface area contributed by atoms with Crippen molar-refractivity contribution in [3.63, 3.8) is 0 Å². The summed E-state index contributed by atoms with van der Waals surface area (Å²) in [6.07, 6.45) is 2.09. The van der Waals surface area contributed by atoms with Crippen LogP contribution in [0.15, 0.2) is 54.6 Å². The number of para-hydroxylation sites is 1. The number of hydrogen-bond donors (Lipinski definition) is 1. The van der Waals surface area contributed by atoms with E-state index in [2.05, 4.69) is 34.5 Å². The summed E-state index contributed by atoms with van der Waals surface area (Å²) in [6, 6.07) is 18.2. The first-order valence-corrected chi connectivity index (χ1v) is 10.9. The Morgan fingerprint density at radius 1 is 0.962 bits per heavy atom. The van der Waals surface area contributed by atoms with Crippen molar-refractivity contribution in [1.29, 1.82) is 0 Å². The summed E-state index contributed by atoms with van der Waals surface area (Å²) < 4.78 is 26.3. The Balaban J connectivity index is 1.78. The van der Waals surface area contributed by atoms with Crippen molar-refractivity contribution in [3.8, 4) is 0 Å². The number of nitrogens with zero attached hydrogens (tertiary/aromatic N) is 2. The molecule has 0 unspecified atom stereocenters. The molecule has 0 atom stereocenters. The monoisotopic (exact) mass is 373 g/mol. The van der Waals surface area contributed by atoms with Gasteiger partial charge < -0.3 is 5.32 Å². The fourth-order valence-electron chi connectivity index (χ4n) is 3.38. The van der Waals surface area contributed by atoms with Gasteiger partial charge in [0.25, 0.3) is 0 Å². The van der Waals surface area contributed by atoms with Gasteiger partial charge in [-0.3, -0.25) is 9.21 Å². The molecule has 26 heavy (non-hydrogen) atoms. The van der Waals surface area contributed by atoms with Crippen molar-refractivity contribution >= 4 is 15.7 Å². The fourth-order valence-corrected chi connectivity index (χ4v) is 4.37. The van der Waals surface area contributed by atoms with E-state index in [1.807, 2.05) is 30.3 Å². The van der Waals surface area contributed by atoms with Crippen LogP contribution in [0.2, 0.25) is 0 Å². The second kappa shape index (κ2) is 8.66. The van der Waals surface area contributed by atoms with Crippen LogP contribution < -0.4 is 9.62 Å². The normalized spacial score (nSPS) is 17.3. The van der Waals surface area contributed by atoms with Crippen molar-refractivity contribution in [2.75, 3.05) is 36.7 Å². The number of anilines is 1. The predicted molar refractivity (Wildman–Crippen MR) is 107 cm³/mol. The quantitative estimate of drug-likeness (QED) is 0.898. The number of rotatable bonds is 3. The van der Waals surface area contributed by atoms with Crippen LogP contribution in [-0.4, -0.2) is 45.8 Å². The first-order chi connectivity index (χ1) is 12.5. The first kappa shape index (κ1) is 18.9. The van der Waals surface area contributed by atoms with Gasteiger partial charge in [0.05, 0.1) is 11.9 Å². The lowest BCUT2D eigenvalue weighted by Crippen LogP contribution is -2.34. The van der Waals surface area contributed by atoms with Gasteiger partial charge in [-0.05, 0) is 23.6 Å². The molecule has 1 aliphatic heterocycles. The molecule has 0 aliphatic carbocycles. The molecule has 0 saturated carbocycles. The highest BCUT2D eigenvalue weighted by Crippen LogP contribution is 2.23. The van der Waals surface area contributed by atoms with Crippen LogP contribution in [0.3, 0.4) is 0 Å². The average molecular weight is 374 g/mol. The minimum atomic E-state index is -3.31. The van der Waals surface area contributed by atoms with Gasteiger partial charge in [-0.15, -0.1) is 0 Å². The molecule has 1 N–H and O–H groups in total. The molecule has 5 nitrogen and oxygen atoms in total. The van der Waals surface area contributed by atoms with Crippen molar-refractivity contribution in [2.45, 2.75) is 19.5 Å². The molecule has 6 heteroatoms. The Labute approximate surface area is 156 Å². The zero-order valence-electron chi connectivity index (χ0n) is 15.3. The average Bonchev–Trinajstić information content (AvgIpc) is 2.66. The Morgan fingerprint density at radius 3 is 2.46 bits per heavy atom. The van der Waals surface area contributed by atoms with Crippen LogP contribution in [0.25, 0.3) is 0 Å². The second-order valence-electron chi connectivity index (χ2n) is 6.76. The van der Waals surface area contributed by atoms with Gasteiger partial charge in [0, 0.05) is 39.3 Å². The SMILES string of the molecule is CS(=O)(=O)N1CCCN(Cc2ccccc2)CCNCc2ccccc21. The maximum absolute atomic E-state index is 12.4. The van der Waals surface area contributed by atoms with Crippen LogP contribution in [0, 0.1) is 0 Å². The fraction of sp³-hybridized carbons (Fsp3) is 0.400. The summed E-state index contributed by atoms with van der Waals surface area (Å²) >= 11 is 0. The molecule has 1 heterocycles. The molecular formula is C20H27N3O2S. The molecule has 2 aromatic carbocycles. The predicted octanol–water partition coefficient (Wildman–Crippen LogP) is 2.45. The van der Waals surface area contributed by atoms with Gasteiger partial charge in [-0.25, -0.2) is 8.42 Å². The third kappa shape index (κ3) is 5.06. The van der Waals surface area contributed by atoms with Gasteiger partial charge in [0.2, 0.25) is 10.0 Å². The van der Waals surface area contributed by atoms with Crippen molar-refractivity contribution < 1.29 is 8.42 Å². The molecule has 0 amide bonds. The maximum Gasteiger partial charge on any atom is 0.232 e. The first-order valence-electron chi connectivity index (χ1n) is 9.06. The zero-order chi connectivity index (χ0) is 18.4. The standard InChI is InChI=1S/C20H27N3O2S/c1-26(24,25)23-14-7-13-22(17-18-8-3-2-4-9-18)15-12-21-16-19-10-5-6-11-20(19)23/h2-6,8-11,21H,7,12-17H2,1H3. The smallest absolute Gasteiger partial charge is 0.232 e. The van der Waals surface area contributed by atoms with E-state index in [0.717, 1.165) is 43.9 Å². The number of nitrogens with one attached hydrogen (secondary N) is 1. The summed E-state index contributed by atoms with van der Waals surface area (Å²) in [5, 5.41) is 3.46. The van der Waals surface area contributed by atoms with E-state index in [9.17, 15) is 8.42 Å². The molecule has 1 aliphatic rings. The van der Waals surface area contributed by atoms with Gasteiger partial charge in [0.1, 0.15) is 0 Å². The Morgan fingerprint density at radius 2 is 1.69 bits per heavy atom. The van der Waals surface area contributed by atoms with E-state index in [4.69, 9.17) is 0 Å². The molecule has 3 rings (SSSR count). The molecular weight excluding hydrogens is 346 g/mol.